The molecule has 0 amide bonds. The van der Waals surface area contributed by atoms with Crippen molar-refractivity contribution < 1.29 is 55.6 Å². The molecule has 0 bridgehead atoms. The number of hydrogen-bond donors (Lipinski definition) is 2. The molecule has 13 heteroatoms. The molecule has 1 heterocycles. The minimum atomic E-state index is -5.69. The highest BCUT2D eigenvalue weighted by molar-refractivity contribution is 5.83. The Bertz CT molecular complexity index is 653. The molecular formula is C13H13F6NO6. The highest BCUT2D eigenvalue weighted by Crippen LogP contribution is 2.44. The van der Waals surface area contributed by atoms with Gasteiger partial charge in [-0.05, 0) is 12.1 Å². The summed E-state index contributed by atoms with van der Waals surface area (Å²) >= 11 is 0. The van der Waals surface area contributed by atoms with Gasteiger partial charge in [-0.3, -0.25) is 0 Å². The lowest BCUT2D eigenvalue weighted by Gasteiger charge is -2.31. The third-order valence-corrected chi connectivity index (χ3v) is 3.65. The van der Waals surface area contributed by atoms with Gasteiger partial charge in [0.2, 0.25) is 0 Å². The molecule has 148 valence electrons. The summed E-state index contributed by atoms with van der Waals surface area (Å²) in [5.74, 6) is -4.46. The largest absolute Gasteiger partial charge is 0.466 e. The zero-order valence-electron chi connectivity index (χ0n) is 13.4. The van der Waals surface area contributed by atoms with E-state index < -0.39 is 46.9 Å². The fourth-order valence-electron chi connectivity index (χ4n) is 2.26. The van der Waals surface area contributed by atoms with Gasteiger partial charge in [0.15, 0.2) is 0 Å². The highest BCUT2D eigenvalue weighted by atomic mass is 19.4. The molecule has 0 aliphatic heterocycles. The number of aromatic nitrogens is 1. The molecule has 0 fully saturated rings. The number of nitrogens with zero attached hydrogens (tertiary/aromatic N) is 1. The van der Waals surface area contributed by atoms with E-state index >= 15 is 0 Å². The Hall–Kier alpha value is -2.28. The molecule has 0 radical (unpaired) electrons. The summed E-state index contributed by atoms with van der Waals surface area (Å²) in [6.45, 7) is 0. The average Bonchev–Trinajstić information content (AvgIpc) is 2.91. The van der Waals surface area contributed by atoms with Crippen LogP contribution in [-0.4, -0.2) is 53.3 Å². The predicted molar refractivity (Wildman–Crippen MR) is 69.3 cm³/mol. The number of halogens is 6. The number of methoxy groups -OCH3 is 2. The molecule has 0 aromatic carbocycles. The van der Waals surface area contributed by atoms with Crippen LogP contribution in [0.4, 0.5) is 26.3 Å². The van der Waals surface area contributed by atoms with Crippen LogP contribution in [0.25, 0.3) is 0 Å². The monoisotopic (exact) mass is 393 g/mol. The Morgan fingerprint density at radius 3 is 1.31 bits per heavy atom. The van der Waals surface area contributed by atoms with Crippen molar-refractivity contribution in [2.24, 2.45) is 7.05 Å². The number of esters is 2. The lowest BCUT2D eigenvalue weighted by Crippen LogP contribution is -2.53. The Morgan fingerprint density at radius 1 is 0.846 bits per heavy atom. The van der Waals surface area contributed by atoms with Gasteiger partial charge in [0.25, 0.3) is 11.2 Å². The third-order valence-electron chi connectivity index (χ3n) is 3.65. The van der Waals surface area contributed by atoms with Crippen LogP contribution in [0.3, 0.4) is 0 Å². The topological polar surface area (TPSA) is 98.0 Å². The molecular weight excluding hydrogens is 380 g/mol. The van der Waals surface area contributed by atoms with Gasteiger partial charge in [0.05, 0.1) is 25.6 Å². The van der Waals surface area contributed by atoms with Crippen LogP contribution in [0.5, 0.6) is 0 Å². The lowest BCUT2D eigenvalue weighted by atomic mass is 9.98. The van der Waals surface area contributed by atoms with E-state index in [-0.39, 0.29) is 4.57 Å². The SMILES string of the molecule is COC(=O)C(O)(c1ccc(C(O)(C(=O)OC)C(F)(F)F)n1C)C(F)(F)F. The molecule has 0 saturated carbocycles. The van der Waals surface area contributed by atoms with E-state index in [1.165, 1.54) is 0 Å². The van der Waals surface area contributed by atoms with Gasteiger partial charge in [-0.2, -0.15) is 26.3 Å². The second kappa shape index (κ2) is 6.46. The smallest absolute Gasteiger partial charge is 0.434 e. The van der Waals surface area contributed by atoms with Gasteiger partial charge in [0, 0.05) is 7.05 Å². The predicted octanol–water partition coefficient (Wildman–Crippen LogP) is 0.871. The van der Waals surface area contributed by atoms with Crippen LogP contribution in [-0.2, 0) is 37.3 Å². The van der Waals surface area contributed by atoms with Crippen LogP contribution in [0.1, 0.15) is 11.4 Å². The number of carbonyl (C=O) groups excluding carboxylic acids is 2. The van der Waals surface area contributed by atoms with Crippen LogP contribution in [0.2, 0.25) is 0 Å². The van der Waals surface area contributed by atoms with Gasteiger partial charge in [-0.15, -0.1) is 0 Å². The number of rotatable bonds is 4. The van der Waals surface area contributed by atoms with Crippen molar-refractivity contribution in [1.82, 2.24) is 4.57 Å². The van der Waals surface area contributed by atoms with Crippen LogP contribution in [0.15, 0.2) is 12.1 Å². The summed E-state index contributed by atoms with van der Waals surface area (Å²) in [6, 6.07) is 0.582. The standard InChI is InChI=1S/C13H13F6NO6/c1-20-6(10(23,8(21)25-2)12(14,15)16)4-5-7(20)11(24,9(22)26-3)13(17,18)19/h4-5,23-24H,1-3H3. The highest BCUT2D eigenvalue weighted by Gasteiger charge is 2.66. The summed E-state index contributed by atoms with van der Waals surface area (Å²) in [7, 11) is 1.61. The summed E-state index contributed by atoms with van der Waals surface area (Å²) < 4.78 is 87.2. The molecule has 7 nitrogen and oxygen atoms in total. The zero-order chi connectivity index (χ0) is 20.7. The second-order valence-electron chi connectivity index (χ2n) is 5.06. The maximum absolute atomic E-state index is 13.2. The molecule has 1 rings (SSSR count). The minimum absolute atomic E-state index is 0.00875. The van der Waals surface area contributed by atoms with E-state index in [4.69, 9.17) is 0 Å². The molecule has 26 heavy (non-hydrogen) atoms. The number of ether oxygens (including phenoxy) is 2. The first-order valence-electron chi connectivity index (χ1n) is 6.52. The molecule has 2 atom stereocenters. The molecule has 2 unspecified atom stereocenters. The molecule has 0 saturated heterocycles. The van der Waals surface area contributed by atoms with Gasteiger partial charge in [-0.1, -0.05) is 0 Å². The molecule has 1 aromatic heterocycles. The number of aliphatic hydroxyl groups is 2. The van der Waals surface area contributed by atoms with Crippen molar-refractivity contribution in [1.29, 1.82) is 0 Å². The Kier molecular flexibility index (Phi) is 5.41. The van der Waals surface area contributed by atoms with Crippen molar-refractivity contribution in [3.63, 3.8) is 0 Å². The van der Waals surface area contributed by atoms with Gasteiger partial charge < -0.3 is 24.3 Å². The van der Waals surface area contributed by atoms with E-state index in [9.17, 15) is 46.1 Å². The Balaban J connectivity index is 3.78. The van der Waals surface area contributed by atoms with E-state index in [0.717, 1.165) is 0 Å². The van der Waals surface area contributed by atoms with E-state index in [0.29, 0.717) is 33.4 Å². The first-order chi connectivity index (χ1) is 11.6. The molecule has 0 spiro atoms. The van der Waals surface area contributed by atoms with Gasteiger partial charge in [0.1, 0.15) is 0 Å². The molecule has 0 aliphatic carbocycles. The maximum Gasteiger partial charge on any atom is 0.434 e. The second-order valence-corrected chi connectivity index (χ2v) is 5.06. The van der Waals surface area contributed by atoms with Crippen molar-refractivity contribution in [3.05, 3.63) is 23.5 Å². The quantitative estimate of drug-likeness (QED) is 0.582. The van der Waals surface area contributed by atoms with Crippen molar-refractivity contribution in [2.45, 2.75) is 23.6 Å². The summed E-state index contributed by atoms with van der Waals surface area (Å²) in [4.78, 5) is 23.0. The first kappa shape index (κ1) is 21.8. The minimum Gasteiger partial charge on any atom is -0.466 e. The summed E-state index contributed by atoms with van der Waals surface area (Å²) in [5.41, 5.74) is -11.5. The maximum atomic E-state index is 13.2. The van der Waals surface area contributed by atoms with E-state index in [2.05, 4.69) is 9.47 Å². The normalized spacial score (nSPS) is 17.2. The van der Waals surface area contributed by atoms with E-state index in [1.807, 2.05) is 0 Å². The van der Waals surface area contributed by atoms with Crippen molar-refractivity contribution in [3.8, 4) is 0 Å². The first-order valence-corrected chi connectivity index (χ1v) is 6.52. The molecule has 1 aromatic rings. The van der Waals surface area contributed by atoms with Crippen LogP contribution < -0.4 is 0 Å². The average molecular weight is 393 g/mol. The fraction of sp³-hybridized carbons (Fsp3) is 0.538. The summed E-state index contributed by atoms with van der Waals surface area (Å²) in [5, 5.41) is 19.7. The fourth-order valence-corrected chi connectivity index (χ4v) is 2.26. The van der Waals surface area contributed by atoms with Crippen molar-refractivity contribution in [2.75, 3.05) is 14.2 Å². The van der Waals surface area contributed by atoms with Crippen LogP contribution >= 0.6 is 0 Å². The third kappa shape index (κ3) is 2.90. The van der Waals surface area contributed by atoms with Gasteiger partial charge in [-0.25, -0.2) is 9.59 Å². The Morgan fingerprint density at radius 2 is 1.12 bits per heavy atom. The van der Waals surface area contributed by atoms with E-state index in [1.54, 1.807) is 0 Å². The lowest BCUT2D eigenvalue weighted by molar-refractivity contribution is -0.271. The molecule has 2 N–H and O–H groups in total. The molecule has 0 aliphatic rings. The number of hydrogen-bond acceptors (Lipinski definition) is 6. The summed E-state index contributed by atoms with van der Waals surface area (Å²) in [6.07, 6.45) is -11.4. The number of alkyl halides is 6. The van der Waals surface area contributed by atoms with Gasteiger partial charge >= 0.3 is 24.3 Å². The zero-order valence-corrected chi connectivity index (χ0v) is 13.4. The van der Waals surface area contributed by atoms with Crippen molar-refractivity contribution >= 4 is 11.9 Å². The Labute approximate surface area is 141 Å². The number of carbonyl (C=O) groups is 2. The van der Waals surface area contributed by atoms with Crippen LogP contribution in [0, 0.1) is 0 Å².